The fourth-order valence-corrected chi connectivity index (χ4v) is 2.06. The van der Waals surface area contributed by atoms with Crippen molar-refractivity contribution < 1.29 is 5.11 Å². The van der Waals surface area contributed by atoms with Crippen LogP contribution in [0.5, 0.6) is 5.75 Å². The van der Waals surface area contributed by atoms with Gasteiger partial charge in [0.25, 0.3) is 0 Å². The molecule has 0 aliphatic rings. The minimum Gasteiger partial charge on any atom is -0.505 e. The first-order chi connectivity index (χ1) is 9.10. The van der Waals surface area contributed by atoms with E-state index >= 15 is 0 Å². The number of rotatable bonds is 3. The van der Waals surface area contributed by atoms with Gasteiger partial charge in [0.15, 0.2) is 5.75 Å². The van der Waals surface area contributed by atoms with Crippen molar-refractivity contribution in [1.29, 1.82) is 5.26 Å². The average molecular weight is 293 g/mol. The molecule has 0 spiro atoms. The Hall–Kier alpha value is -1.89. The summed E-state index contributed by atoms with van der Waals surface area (Å²) >= 11 is 11.7. The average Bonchev–Trinajstić information content (AvgIpc) is 2.43. The van der Waals surface area contributed by atoms with E-state index in [1.165, 1.54) is 0 Å². The molecule has 0 saturated carbocycles. The molecule has 2 aromatic rings. The Morgan fingerprint density at radius 2 is 1.68 bits per heavy atom. The van der Waals surface area contributed by atoms with Gasteiger partial charge in [-0.1, -0.05) is 35.3 Å². The van der Waals surface area contributed by atoms with Gasteiger partial charge in [0.1, 0.15) is 0 Å². The molecule has 5 heteroatoms. The van der Waals surface area contributed by atoms with Crippen LogP contribution < -0.4 is 5.32 Å². The van der Waals surface area contributed by atoms with Crippen molar-refractivity contribution in [3.05, 3.63) is 57.6 Å². The van der Waals surface area contributed by atoms with Gasteiger partial charge in [-0.05, 0) is 29.8 Å². The van der Waals surface area contributed by atoms with Crippen LogP contribution in [0.25, 0.3) is 0 Å². The van der Waals surface area contributed by atoms with E-state index in [4.69, 9.17) is 28.5 Å². The van der Waals surface area contributed by atoms with Crippen LogP contribution in [0, 0.1) is 11.3 Å². The predicted octanol–water partition coefficient (Wildman–Crippen LogP) is 4.18. The molecule has 0 saturated heterocycles. The topological polar surface area (TPSA) is 56.0 Å². The van der Waals surface area contributed by atoms with E-state index in [1.54, 1.807) is 24.3 Å². The van der Waals surface area contributed by atoms with Gasteiger partial charge in [-0.3, -0.25) is 0 Å². The van der Waals surface area contributed by atoms with Crippen LogP contribution >= 0.6 is 23.2 Å². The van der Waals surface area contributed by atoms with Gasteiger partial charge in [0.05, 0.1) is 21.7 Å². The number of hydrogen-bond donors (Lipinski definition) is 2. The smallest absolute Gasteiger partial charge is 0.152 e. The normalized spacial score (nSPS) is 9.95. The fourth-order valence-electron chi connectivity index (χ4n) is 1.57. The molecule has 19 heavy (non-hydrogen) atoms. The molecule has 0 radical (unpaired) electrons. The third-order valence-corrected chi connectivity index (χ3v) is 3.17. The lowest BCUT2D eigenvalue weighted by Gasteiger charge is -2.09. The summed E-state index contributed by atoms with van der Waals surface area (Å²) in [6, 6.07) is 12.5. The van der Waals surface area contributed by atoms with E-state index in [1.807, 2.05) is 12.1 Å². The van der Waals surface area contributed by atoms with Crippen molar-refractivity contribution in [2.24, 2.45) is 0 Å². The van der Waals surface area contributed by atoms with Crippen LogP contribution in [0.15, 0.2) is 36.4 Å². The zero-order valence-electron chi connectivity index (χ0n) is 9.82. The molecular formula is C14H10Cl2N2O. The number of hydrogen-bond acceptors (Lipinski definition) is 3. The van der Waals surface area contributed by atoms with Crippen molar-refractivity contribution >= 4 is 28.9 Å². The number of nitrogens with zero attached hydrogens (tertiary/aromatic N) is 1. The first-order valence-corrected chi connectivity index (χ1v) is 6.26. The largest absolute Gasteiger partial charge is 0.505 e. The van der Waals surface area contributed by atoms with Gasteiger partial charge in [-0.2, -0.15) is 5.26 Å². The van der Waals surface area contributed by atoms with Crippen molar-refractivity contribution in [2.45, 2.75) is 6.54 Å². The second kappa shape index (κ2) is 5.83. The van der Waals surface area contributed by atoms with Gasteiger partial charge < -0.3 is 10.4 Å². The lowest BCUT2D eigenvalue weighted by molar-refractivity contribution is 0.476. The molecule has 2 rings (SSSR count). The highest BCUT2D eigenvalue weighted by Crippen LogP contribution is 2.34. The van der Waals surface area contributed by atoms with Gasteiger partial charge in [0, 0.05) is 12.2 Å². The number of phenols is 1. The first kappa shape index (κ1) is 13.5. The lowest BCUT2D eigenvalue weighted by atomic mass is 10.1. The zero-order chi connectivity index (χ0) is 13.8. The summed E-state index contributed by atoms with van der Waals surface area (Å²) < 4.78 is 0. The quantitative estimate of drug-likeness (QED) is 0.834. The fraction of sp³-hybridized carbons (Fsp3) is 0.0714. The second-order valence-electron chi connectivity index (χ2n) is 3.95. The van der Waals surface area contributed by atoms with Crippen molar-refractivity contribution in [1.82, 2.24) is 0 Å². The van der Waals surface area contributed by atoms with E-state index in [9.17, 15) is 5.11 Å². The van der Waals surface area contributed by atoms with Crippen molar-refractivity contribution in [3.63, 3.8) is 0 Å². The van der Waals surface area contributed by atoms with Crippen molar-refractivity contribution in [2.75, 3.05) is 5.32 Å². The highest BCUT2D eigenvalue weighted by atomic mass is 35.5. The molecule has 3 nitrogen and oxygen atoms in total. The van der Waals surface area contributed by atoms with Crippen LogP contribution in [0.3, 0.4) is 0 Å². The van der Waals surface area contributed by atoms with Crippen molar-refractivity contribution in [3.8, 4) is 11.8 Å². The van der Waals surface area contributed by atoms with Crippen LogP contribution in [0.1, 0.15) is 11.1 Å². The predicted molar refractivity (Wildman–Crippen MR) is 76.6 cm³/mol. The molecule has 2 aromatic carbocycles. The molecule has 0 aliphatic heterocycles. The molecular weight excluding hydrogens is 283 g/mol. The maximum Gasteiger partial charge on any atom is 0.152 e. The molecule has 0 atom stereocenters. The highest BCUT2D eigenvalue weighted by molar-refractivity contribution is 6.37. The molecule has 0 aromatic heterocycles. The Kier molecular flexibility index (Phi) is 4.16. The second-order valence-corrected chi connectivity index (χ2v) is 4.77. The van der Waals surface area contributed by atoms with E-state index in [0.717, 1.165) is 11.3 Å². The number of anilines is 1. The molecule has 96 valence electrons. The number of halogens is 2. The standard InChI is InChI=1S/C14H10Cl2N2O/c15-12-5-11(6-13(16)14(12)19)18-8-10-3-1-9(7-17)2-4-10/h1-6,18-19H,8H2. The van der Waals surface area contributed by atoms with Crippen LogP contribution in [-0.2, 0) is 6.54 Å². The number of benzene rings is 2. The number of nitriles is 1. The van der Waals surface area contributed by atoms with Gasteiger partial charge >= 0.3 is 0 Å². The molecule has 0 bridgehead atoms. The summed E-state index contributed by atoms with van der Waals surface area (Å²) in [6.45, 7) is 0.573. The summed E-state index contributed by atoms with van der Waals surface area (Å²) in [6.07, 6.45) is 0. The first-order valence-electron chi connectivity index (χ1n) is 5.51. The monoisotopic (exact) mass is 292 g/mol. The van der Waals surface area contributed by atoms with Gasteiger partial charge in [0.2, 0.25) is 0 Å². The minimum atomic E-state index is -0.118. The molecule has 2 N–H and O–H groups in total. The Labute approximate surface area is 121 Å². The number of aromatic hydroxyl groups is 1. The van der Waals surface area contributed by atoms with Crippen LogP contribution in [0.2, 0.25) is 10.0 Å². The maximum absolute atomic E-state index is 9.45. The zero-order valence-corrected chi connectivity index (χ0v) is 11.3. The summed E-state index contributed by atoms with van der Waals surface area (Å²) in [5, 5.41) is 21.7. The SMILES string of the molecule is N#Cc1ccc(CNc2cc(Cl)c(O)c(Cl)c2)cc1. The van der Waals surface area contributed by atoms with E-state index < -0.39 is 0 Å². The third-order valence-electron chi connectivity index (χ3n) is 2.60. The van der Waals surface area contributed by atoms with Crippen LogP contribution in [-0.4, -0.2) is 5.11 Å². The Bertz CT molecular complexity index is 610. The number of phenolic OH excluding ortho intramolecular Hbond substituents is 1. The summed E-state index contributed by atoms with van der Waals surface area (Å²) in [5.74, 6) is -0.118. The molecule has 0 aliphatic carbocycles. The van der Waals surface area contributed by atoms with Gasteiger partial charge in [-0.15, -0.1) is 0 Å². The Balaban J connectivity index is 2.08. The van der Waals surface area contributed by atoms with Crippen LogP contribution in [0.4, 0.5) is 5.69 Å². The maximum atomic E-state index is 9.45. The highest BCUT2D eigenvalue weighted by Gasteiger charge is 2.06. The van der Waals surface area contributed by atoms with E-state index in [2.05, 4.69) is 11.4 Å². The Morgan fingerprint density at radius 1 is 1.11 bits per heavy atom. The van der Waals surface area contributed by atoms with E-state index in [0.29, 0.717) is 12.1 Å². The number of nitrogens with one attached hydrogen (secondary N) is 1. The summed E-state index contributed by atoms with van der Waals surface area (Å²) in [5.41, 5.74) is 2.37. The molecule has 0 amide bonds. The summed E-state index contributed by atoms with van der Waals surface area (Å²) in [4.78, 5) is 0. The third kappa shape index (κ3) is 3.31. The molecule has 0 fully saturated rings. The Morgan fingerprint density at radius 3 is 2.21 bits per heavy atom. The van der Waals surface area contributed by atoms with Gasteiger partial charge in [-0.25, -0.2) is 0 Å². The summed E-state index contributed by atoms with van der Waals surface area (Å²) in [7, 11) is 0. The molecule has 0 heterocycles. The minimum absolute atomic E-state index is 0.118. The van der Waals surface area contributed by atoms with E-state index in [-0.39, 0.29) is 15.8 Å². The molecule has 0 unspecified atom stereocenters. The lowest BCUT2D eigenvalue weighted by Crippen LogP contribution is -1.99.